The summed E-state index contributed by atoms with van der Waals surface area (Å²) in [5.41, 5.74) is 3.40. The van der Waals surface area contributed by atoms with Crippen molar-refractivity contribution in [2.45, 2.75) is 39.2 Å². The van der Waals surface area contributed by atoms with Crippen LogP contribution in [0, 0.1) is 0 Å². The van der Waals surface area contributed by atoms with E-state index in [1.807, 2.05) is 50.2 Å². The van der Waals surface area contributed by atoms with Gasteiger partial charge in [0, 0.05) is 11.7 Å². The first kappa shape index (κ1) is 19.0. The molecule has 7 nitrogen and oxygen atoms in total. The number of fused-ring (bicyclic) bond motifs is 1. The van der Waals surface area contributed by atoms with Crippen molar-refractivity contribution < 1.29 is 14.6 Å². The molecule has 0 atom stereocenters. The second-order valence-corrected chi connectivity index (χ2v) is 7.46. The topological polar surface area (TPSA) is 89.3 Å². The number of hydrogen-bond acceptors (Lipinski definition) is 5. The van der Waals surface area contributed by atoms with Crippen LogP contribution in [0.2, 0.25) is 0 Å². The quantitative estimate of drug-likeness (QED) is 0.696. The first-order valence-electron chi connectivity index (χ1n) is 9.74. The van der Waals surface area contributed by atoms with Crippen LogP contribution in [0.5, 0.6) is 11.5 Å². The Kier molecular flexibility index (Phi) is 4.96. The molecule has 0 spiro atoms. The second-order valence-electron chi connectivity index (χ2n) is 7.46. The van der Waals surface area contributed by atoms with Crippen LogP contribution in [-0.4, -0.2) is 38.9 Å². The molecule has 2 N–H and O–H groups in total. The van der Waals surface area contributed by atoms with Crippen LogP contribution in [-0.2, 0) is 12.8 Å². The lowest BCUT2D eigenvalue weighted by atomic mass is 10.0. The van der Waals surface area contributed by atoms with E-state index < -0.39 is 0 Å². The zero-order valence-corrected chi connectivity index (χ0v) is 16.8. The van der Waals surface area contributed by atoms with Gasteiger partial charge in [-0.2, -0.15) is 0 Å². The number of aryl methyl sites for hydroxylation is 1. The number of carbonyl (C=O) groups excluding carboxylic acids is 1. The molecule has 0 fully saturated rings. The molecule has 1 aliphatic carbocycles. The normalized spacial score (nSPS) is 12.8. The van der Waals surface area contributed by atoms with Crippen LogP contribution < -0.4 is 10.1 Å². The zero-order valence-electron chi connectivity index (χ0n) is 16.8. The lowest BCUT2D eigenvalue weighted by molar-refractivity contribution is 0.0930. The lowest BCUT2D eigenvalue weighted by Crippen LogP contribution is -2.32. The van der Waals surface area contributed by atoms with Gasteiger partial charge in [-0.3, -0.25) is 9.36 Å². The van der Waals surface area contributed by atoms with Gasteiger partial charge in [0.2, 0.25) is 5.82 Å². The Morgan fingerprint density at radius 3 is 2.59 bits per heavy atom. The van der Waals surface area contributed by atoms with Crippen molar-refractivity contribution in [2.24, 2.45) is 0 Å². The highest BCUT2D eigenvalue weighted by molar-refractivity contribution is 5.92. The SMILES string of the molecule is COc1ccc(-n2c(C(=O)NC(C)C)nnc2-c2ccc3c(c2O)CCC3)cc1. The fourth-order valence-electron chi connectivity index (χ4n) is 3.74. The van der Waals surface area contributed by atoms with Crippen LogP contribution in [0.1, 0.15) is 42.0 Å². The number of hydrogen-bond donors (Lipinski definition) is 2. The highest BCUT2D eigenvalue weighted by Crippen LogP contribution is 2.38. The summed E-state index contributed by atoms with van der Waals surface area (Å²) in [5, 5.41) is 22.2. The first-order chi connectivity index (χ1) is 14.0. The van der Waals surface area contributed by atoms with E-state index in [0.717, 1.165) is 24.8 Å². The molecule has 0 bridgehead atoms. The van der Waals surface area contributed by atoms with Gasteiger partial charge in [0.15, 0.2) is 5.82 Å². The van der Waals surface area contributed by atoms with Crippen molar-refractivity contribution >= 4 is 5.91 Å². The van der Waals surface area contributed by atoms with Crippen molar-refractivity contribution in [1.29, 1.82) is 0 Å². The van der Waals surface area contributed by atoms with Crippen molar-refractivity contribution in [1.82, 2.24) is 20.1 Å². The maximum absolute atomic E-state index is 12.8. The third-order valence-electron chi connectivity index (χ3n) is 5.11. The van der Waals surface area contributed by atoms with E-state index in [9.17, 15) is 9.90 Å². The van der Waals surface area contributed by atoms with Gasteiger partial charge in [-0.1, -0.05) is 6.07 Å². The predicted octanol–water partition coefficient (Wildman–Crippen LogP) is 3.28. The predicted molar refractivity (Wildman–Crippen MR) is 110 cm³/mol. The average Bonchev–Trinajstić information content (AvgIpc) is 3.35. The van der Waals surface area contributed by atoms with Gasteiger partial charge in [0.25, 0.3) is 5.91 Å². The van der Waals surface area contributed by atoms with Crippen LogP contribution in [0.25, 0.3) is 17.1 Å². The number of methoxy groups -OCH3 is 1. The molecule has 0 unspecified atom stereocenters. The van der Waals surface area contributed by atoms with Gasteiger partial charge in [-0.25, -0.2) is 0 Å². The number of nitrogens with zero attached hydrogens (tertiary/aromatic N) is 3. The number of amides is 1. The molecule has 1 aliphatic rings. The van der Waals surface area contributed by atoms with E-state index >= 15 is 0 Å². The van der Waals surface area contributed by atoms with Gasteiger partial charge in [0.1, 0.15) is 11.5 Å². The van der Waals surface area contributed by atoms with Crippen LogP contribution in [0.3, 0.4) is 0 Å². The number of aromatic hydroxyl groups is 1. The zero-order chi connectivity index (χ0) is 20.5. The summed E-state index contributed by atoms with van der Waals surface area (Å²) in [6, 6.07) is 11.1. The third-order valence-corrected chi connectivity index (χ3v) is 5.11. The summed E-state index contributed by atoms with van der Waals surface area (Å²) < 4.78 is 6.92. The highest BCUT2D eigenvalue weighted by atomic mass is 16.5. The van der Waals surface area contributed by atoms with Crippen LogP contribution in [0.4, 0.5) is 0 Å². The van der Waals surface area contributed by atoms with Crippen LogP contribution in [0.15, 0.2) is 36.4 Å². The summed E-state index contributed by atoms with van der Waals surface area (Å²) in [5.74, 6) is 1.19. The molecular formula is C22H24N4O3. The number of nitrogens with one attached hydrogen (secondary N) is 1. The second kappa shape index (κ2) is 7.58. The van der Waals surface area contributed by atoms with E-state index in [4.69, 9.17) is 4.74 Å². The summed E-state index contributed by atoms with van der Waals surface area (Å²) in [6.07, 6.45) is 2.84. The molecule has 1 amide bonds. The Morgan fingerprint density at radius 1 is 1.14 bits per heavy atom. The Morgan fingerprint density at radius 2 is 1.90 bits per heavy atom. The summed E-state index contributed by atoms with van der Waals surface area (Å²) in [6.45, 7) is 3.78. The molecule has 0 saturated heterocycles. The minimum Gasteiger partial charge on any atom is -0.507 e. The standard InChI is InChI=1S/C22H24N4O3/c1-13(2)23-22(28)21-25-24-20(26(21)15-8-10-16(29-3)11-9-15)18-12-7-14-5-4-6-17(14)19(18)27/h7-13,27H,4-6H2,1-3H3,(H,23,28). The van der Waals surface area contributed by atoms with E-state index in [0.29, 0.717) is 22.8 Å². The number of ether oxygens (including phenoxy) is 1. The lowest BCUT2D eigenvalue weighted by Gasteiger charge is -2.14. The molecule has 7 heteroatoms. The molecule has 29 heavy (non-hydrogen) atoms. The molecule has 4 rings (SSSR count). The van der Waals surface area contributed by atoms with Gasteiger partial charge in [-0.05, 0) is 74.6 Å². The van der Waals surface area contributed by atoms with Gasteiger partial charge in [-0.15, -0.1) is 10.2 Å². The minimum absolute atomic E-state index is 0.0413. The van der Waals surface area contributed by atoms with Gasteiger partial charge in [0.05, 0.1) is 12.7 Å². The molecular weight excluding hydrogens is 368 g/mol. The van der Waals surface area contributed by atoms with E-state index in [1.54, 1.807) is 11.7 Å². The molecule has 0 aliphatic heterocycles. The van der Waals surface area contributed by atoms with E-state index in [1.165, 1.54) is 5.56 Å². The third kappa shape index (κ3) is 3.44. The molecule has 1 aromatic heterocycles. The smallest absolute Gasteiger partial charge is 0.289 e. The molecule has 3 aromatic rings. The Labute approximate surface area is 169 Å². The molecule has 150 valence electrons. The number of benzene rings is 2. The number of rotatable bonds is 5. The van der Waals surface area contributed by atoms with Crippen molar-refractivity contribution in [3.8, 4) is 28.6 Å². The molecule has 0 saturated carbocycles. The van der Waals surface area contributed by atoms with E-state index in [-0.39, 0.29) is 23.5 Å². The fraction of sp³-hybridized carbons (Fsp3) is 0.318. The Balaban J connectivity index is 1.88. The summed E-state index contributed by atoms with van der Waals surface area (Å²) in [4.78, 5) is 12.8. The Bertz CT molecular complexity index is 1050. The van der Waals surface area contributed by atoms with Crippen molar-refractivity contribution in [2.75, 3.05) is 7.11 Å². The number of phenolic OH excluding ortho intramolecular Hbond substituents is 1. The average molecular weight is 392 g/mol. The number of carbonyl (C=O) groups is 1. The maximum Gasteiger partial charge on any atom is 0.289 e. The highest BCUT2D eigenvalue weighted by Gasteiger charge is 2.26. The summed E-state index contributed by atoms with van der Waals surface area (Å²) >= 11 is 0. The fourth-order valence-corrected chi connectivity index (χ4v) is 3.74. The molecule has 1 heterocycles. The molecule has 0 radical (unpaired) electrons. The van der Waals surface area contributed by atoms with Gasteiger partial charge < -0.3 is 15.2 Å². The van der Waals surface area contributed by atoms with E-state index in [2.05, 4.69) is 15.5 Å². The van der Waals surface area contributed by atoms with Crippen LogP contribution >= 0.6 is 0 Å². The number of phenols is 1. The maximum atomic E-state index is 12.8. The monoisotopic (exact) mass is 392 g/mol. The first-order valence-corrected chi connectivity index (χ1v) is 9.74. The molecule has 2 aromatic carbocycles. The van der Waals surface area contributed by atoms with Crippen molar-refractivity contribution in [3.63, 3.8) is 0 Å². The minimum atomic E-state index is -0.324. The Hall–Kier alpha value is -3.35. The number of aromatic nitrogens is 3. The van der Waals surface area contributed by atoms with Gasteiger partial charge >= 0.3 is 0 Å². The summed E-state index contributed by atoms with van der Waals surface area (Å²) in [7, 11) is 1.60. The van der Waals surface area contributed by atoms with Crippen molar-refractivity contribution in [3.05, 3.63) is 53.3 Å². The largest absolute Gasteiger partial charge is 0.507 e.